The lowest BCUT2D eigenvalue weighted by molar-refractivity contribution is 0.256. The third-order valence-corrected chi connectivity index (χ3v) is 4.89. The first kappa shape index (κ1) is 14.9. The van der Waals surface area contributed by atoms with Gasteiger partial charge in [0, 0.05) is 18.0 Å². The second kappa shape index (κ2) is 6.76. The van der Waals surface area contributed by atoms with E-state index in [2.05, 4.69) is 43.4 Å². The van der Waals surface area contributed by atoms with E-state index in [0.717, 1.165) is 12.4 Å². The molecule has 1 saturated carbocycles. The van der Waals surface area contributed by atoms with Gasteiger partial charge < -0.3 is 5.32 Å². The van der Waals surface area contributed by atoms with E-state index in [1.807, 2.05) is 0 Å². The fourth-order valence-corrected chi connectivity index (χ4v) is 3.26. The van der Waals surface area contributed by atoms with Gasteiger partial charge in [-0.2, -0.15) is 0 Å². The predicted octanol–water partition coefficient (Wildman–Crippen LogP) is 4.84. The van der Waals surface area contributed by atoms with Crippen molar-refractivity contribution in [1.82, 2.24) is 5.32 Å². The Hall–Kier alpha value is -0.530. The van der Waals surface area contributed by atoms with Crippen LogP contribution < -0.4 is 5.32 Å². The monoisotopic (exact) mass is 279 g/mol. The second-order valence-electron chi connectivity index (χ2n) is 6.22. The molecule has 0 bridgehead atoms. The normalized spacial score (nSPS) is 18.7. The van der Waals surface area contributed by atoms with Gasteiger partial charge in [-0.1, -0.05) is 57.4 Å². The fourth-order valence-electron chi connectivity index (χ4n) is 2.90. The van der Waals surface area contributed by atoms with Crippen LogP contribution in [0.15, 0.2) is 24.3 Å². The zero-order valence-electron chi connectivity index (χ0n) is 12.2. The molecule has 0 atom stereocenters. The van der Waals surface area contributed by atoms with Crippen molar-refractivity contribution in [2.24, 2.45) is 0 Å². The number of nitrogens with one attached hydrogen (secondary N) is 1. The van der Waals surface area contributed by atoms with Gasteiger partial charge in [-0.25, -0.2) is 0 Å². The molecule has 0 amide bonds. The van der Waals surface area contributed by atoms with Gasteiger partial charge in [0.2, 0.25) is 0 Å². The van der Waals surface area contributed by atoms with Crippen LogP contribution in [0.4, 0.5) is 0 Å². The van der Waals surface area contributed by atoms with E-state index in [4.69, 9.17) is 11.6 Å². The van der Waals surface area contributed by atoms with Crippen molar-refractivity contribution in [3.05, 3.63) is 35.4 Å². The maximum Gasteiger partial charge on any atom is 0.0406 e. The van der Waals surface area contributed by atoms with Gasteiger partial charge in [0.05, 0.1) is 0 Å². The Bertz CT molecular complexity index is 377. The van der Waals surface area contributed by atoms with E-state index < -0.39 is 0 Å². The van der Waals surface area contributed by atoms with Crippen LogP contribution in [0.1, 0.15) is 63.0 Å². The van der Waals surface area contributed by atoms with Crippen LogP contribution in [0.2, 0.25) is 0 Å². The topological polar surface area (TPSA) is 12.0 Å². The standard InChI is InChI=1S/C17H26ClN/c1-14(2)16-8-6-15(7-9-16)12-19-17(13-18)10-4-3-5-11-17/h6-9,14,19H,3-5,10-13H2,1-2H3. The molecule has 1 aliphatic carbocycles. The van der Waals surface area contributed by atoms with Crippen LogP contribution in [0.5, 0.6) is 0 Å². The van der Waals surface area contributed by atoms with Crippen molar-refractivity contribution >= 4 is 11.6 Å². The minimum absolute atomic E-state index is 0.177. The maximum atomic E-state index is 6.21. The van der Waals surface area contributed by atoms with Crippen LogP contribution in [0, 0.1) is 0 Å². The van der Waals surface area contributed by atoms with Crippen molar-refractivity contribution in [2.75, 3.05) is 5.88 Å². The molecule has 0 spiro atoms. The summed E-state index contributed by atoms with van der Waals surface area (Å²) in [6.45, 7) is 5.40. The van der Waals surface area contributed by atoms with Gasteiger partial charge in [-0.05, 0) is 29.9 Å². The first-order valence-electron chi connectivity index (χ1n) is 7.55. The predicted molar refractivity (Wildman–Crippen MR) is 83.9 cm³/mol. The van der Waals surface area contributed by atoms with Crippen LogP contribution in [-0.2, 0) is 6.54 Å². The first-order chi connectivity index (χ1) is 9.15. The van der Waals surface area contributed by atoms with Gasteiger partial charge >= 0.3 is 0 Å². The molecule has 0 radical (unpaired) electrons. The summed E-state index contributed by atoms with van der Waals surface area (Å²) in [5.74, 6) is 1.34. The summed E-state index contributed by atoms with van der Waals surface area (Å²) < 4.78 is 0. The van der Waals surface area contributed by atoms with Crippen molar-refractivity contribution in [1.29, 1.82) is 0 Å². The van der Waals surface area contributed by atoms with Gasteiger partial charge in [0.25, 0.3) is 0 Å². The minimum Gasteiger partial charge on any atom is -0.306 e. The van der Waals surface area contributed by atoms with E-state index in [1.54, 1.807) is 0 Å². The number of halogens is 1. The highest BCUT2D eigenvalue weighted by Crippen LogP contribution is 2.29. The highest BCUT2D eigenvalue weighted by atomic mass is 35.5. The molecule has 1 nitrogen and oxygen atoms in total. The van der Waals surface area contributed by atoms with Crippen LogP contribution in [0.25, 0.3) is 0 Å². The van der Waals surface area contributed by atoms with E-state index in [9.17, 15) is 0 Å². The lowest BCUT2D eigenvalue weighted by Gasteiger charge is -2.36. The molecule has 0 saturated heterocycles. The van der Waals surface area contributed by atoms with Crippen LogP contribution >= 0.6 is 11.6 Å². The minimum atomic E-state index is 0.177. The highest BCUT2D eigenvalue weighted by Gasteiger charge is 2.30. The Kier molecular flexibility index (Phi) is 5.29. The molecule has 2 rings (SSSR count). The van der Waals surface area contributed by atoms with E-state index >= 15 is 0 Å². The average Bonchev–Trinajstić information content (AvgIpc) is 2.46. The molecular formula is C17H26ClN. The Balaban J connectivity index is 1.93. The van der Waals surface area contributed by atoms with Crippen molar-refractivity contribution < 1.29 is 0 Å². The number of alkyl halides is 1. The average molecular weight is 280 g/mol. The van der Waals surface area contributed by atoms with Crippen molar-refractivity contribution in [3.63, 3.8) is 0 Å². The van der Waals surface area contributed by atoms with Gasteiger partial charge in [0.15, 0.2) is 0 Å². The summed E-state index contributed by atoms with van der Waals surface area (Å²) in [5.41, 5.74) is 2.95. The lowest BCUT2D eigenvalue weighted by atomic mass is 9.83. The first-order valence-corrected chi connectivity index (χ1v) is 8.08. The Morgan fingerprint density at radius 1 is 1.11 bits per heavy atom. The second-order valence-corrected chi connectivity index (χ2v) is 6.49. The fraction of sp³-hybridized carbons (Fsp3) is 0.647. The smallest absolute Gasteiger partial charge is 0.0406 e. The molecular weight excluding hydrogens is 254 g/mol. The Morgan fingerprint density at radius 3 is 2.26 bits per heavy atom. The molecule has 0 unspecified atom stereocenters. The van der Waals surface area contributed by atoms with Gasteiger partial charge in [-0.15, -0.1) is 11.6 Å². The van der Waals surface area contributed by atoms with Crippen molar-refractivity contribution in [3.8, 4) is 0 Å². The maximum absolute atomic E-state index is 6.21. The molecule has 0 aromatic heterocycles. The summed E-state index contributed by atoms with van der Waals surface area (Å²) in [4.78, 5) is 0. The molecule has 106 valence electrons. The van der Waals surface area contributed by atoms with E-state index in [-0.39, 0.29) is 5.54 Å². The molecule has 19 heavy (non-hydrogen) atoms. The van der Waals surface area contributed by atoms with Crippen LogP contribution in [-0.4, -0.2) is 11.4 Å². The SMILES string of the molecule is CC(C)c1ccc(CNC2(CCl)CCCCC2)cc1. The van der Waals surface area contributed by atoms with Crippen molar-refractivity contribution in [2.45, 2.75) is 64.0 Å². The number of hydrogen-bond acceptors (Lipinski definition) is 1. The molecule has 0 aliphatic heterocycles. The summed E-state index contributed by atoms with van der Waals surface area (Å²) in [5, 5.41) is 3.72. The quantitative estimate of drug-likeness (QED) is 0.761. The van der Waals surface area contributed by atoms with E-state index in [0.29, 0.717) is 5.92 Å². The summed E-state index contributed by atoms with van der Waals surface area (Å²) in [6.07, 6.45) is 6.43. The Labute approximate surface area is 122 Å². The summed E-state index contributed by atoms with van der Waals surface area (Å²) >= 11 is 6.21. The molecule has 1 aliphatic rings. The molecule has 0 heterocycles. The number of hydrogen-bond donors (Lipinski definition) is 1. The zero-order valence-corrected chi connectivity index (χ0v) is 13.0. The number of rotatable bonds is 5. The van der Waals surface area contributed by atoms with Gasteiger partial charge in [-0.3, -0.25) is 0 Å². The number of benzene rings is 1. The third kappa shape index (κ3) is 3.97. The van der Waals surface area contributed by atoms with Crippen LogP contribution in [0.3, 0.4) is 0 Å². The molecule has 1 aromatic carbocycles. The highest BCUT2D eigenvalue weighted by molar-refractivity contribution is 6.18. The Morgan fingerprint density at radius 2 is 1.74 bits per heavy atom. The summed E-state index contributed by atoms with van der Waals surface area (Å²) in [6, 6.07) is 8.98. The van der Waals surface area contributed by atoms with Gasteiger partial charge in [0.1, 0.15) is 0 Å². The largest absolute Gasteiger partial charge is 0.306 e. The molecule has 1 fully saturated rings. The molecule has 1 aromatic rings. The molecule has 2 heteroatoms. The van der Waals surface area contributed by atoms with E-state index in [1.165, 1.54) is 43.2 Å². The lowest BCUT2D eigenvalue weighted by Crippen LogP contribution is -2.48. The third-order valence-electron chi connectivity index (χ3n) is 4.38. The molecule has 1 N–H and O–H groups in total. The zero-order chi connectivity index (χ0) is 13.7. The summed E-state index contributed by atoms with van der Waals surface area (Å²) in [7, 11) is 0.